The van der Waals surface area contributed by atoms with Gasteiger partial charge in [0.05, 0.1) is 17.8 Å². The van der Waals surface area contributed by atoms with Crippen molar-refractivity contribution in [2.45, 2.75) is 13.0 Å². The Labute approximate surface area is 81.1 Å². The average molecular weight is 196 g/mol. The second kappa shape index (κ2) is 3.01. The molecule has 3 nitrogen and oxygen atoms in total. The van der Waals surface area contributed by atoms with Crippen molar-refractivity contribution in [3.05, 3.63) is 35.4 Å². The van der Waals surface area contributed by atoms with Gasteiger partial charge in [-0.2, -0.15) is 0 Å². The van der Waals surface area contributed by atoms with Gasteiger partial charge in [-0.3, -0.25) is 4.40 Å². The Morgan fingerprint density at radius 1 is 1.54 bits per heavy atom. The molecule has 4 heteroatoms. The van der Waals surface area contributed by atoms with Gasteiger partial charge in [-0.1, -0.05) is 17.7 Å². The maximum Gasteiger partial charge on any atom is 0.131 e. The maximum absolute atomic E-state index is 6.02. The Morgan fingerprint density at radius 3 is 3.00 bits per heavy atom. The highest BCUT2D eigenvalue weighted by Crippen LogP contribution is 2.18. The van der Waals surface area contributed by atoms with E-state index in [0.29, 0.717) is 5.15 Å². The van der Waals surface area contributed by atoms with Crippen molar-refractivity contribution in [1.29, 1.82) is 0 Å². The number of nitrogens with two attached hydrogens (primary N) is 1. The van der Waals surface area contributed by atoms with E-state index in [1.165, 1.54) is 0 Å². The number of fused-ring (bicyclic) bond motifs is 1. The van der Waals surface area contributed by atoms with Gasteiger partial charge in [0, 0.05) is 0 Å². The van der Waals surface area contributed by atoms with Crippen LogP contribution in [0.2, 0.25) is 5.15 Å². The fraction of sp³-hybridized carbons (Fsp3) is 0.222. The molecule has 0 saturated carbocycles. The van der Waals surface area contributed by atoms with Gasteiger partial charge in [0.2, 0.25) is 0 Å². The van der Waals surface area contributed by atoms with Gasteiger partial charge in [-0.25, -0.2) is 4.98 Å². The Kier molecular flexibility index (Phi) is 1.98. The van der Waals surface area contributed by atoms with Crippen LogP contribution in [0.15, 0.2) is 24.4 Å². The van der Waals surface area contributed by atoms with Crippen molar-refractivity contribution in [3.63, 3.8) is 0 Å². The molecule has 2 aromatic rings. The highest BCUT2D eigenvalue weighted by Gasteiger charge is 2.09. The molecule has 0 aliphatic carbocycles. The molecule has 68 valence electrons. The molecule has 2 N–H and O–H groups in total. The number of aromatic nitrogens is 2. The number of hydrogen-bond acceptors (Lipinski definition) is 2. The molecule has 0 radical (unpaired) electrons. The zero-order valence-corrected chi connectivity index (χ0v) is 7.99. The smallest absolute Gasteiger partial charge is 0.131 e. The van der Waals surface area contributed by atoms with Crippen LogP contribution in [0.5, 0.6) is 0 Å². The second-order valence-electron chi connectivity index (χ2n) is 3.01. The van der Waals surface area contributed by atoms with Gasteiger partial charge in [-0.15, -0.1) is 0 Å². The predicted molar refractivity (Wildman–Crippen MR) is 52.8 cm³/mol. The predicted octanol–water partition coefficient (Wildman–Crippen LogP) is 2.01. The van der Waals surface area contributed by atoms with E-state index in [1.807, 2.05) is 29.5 Å². The molecule has 0 saturated heterocycles. The number of rotatable bonds is 1. The zero-order valence-electron chi connectivity index (χ0n) is 7.24. The monoisotopic (exact) mass is 195 g/mol. The number of imidazole rings is 1. The van der Waals surface area contributed by atoms with Crippen molar-refractivity contribution < 1.29 is 0 Å². The second-order valence-corrected chi connectivity index (χ2v) is 3.40. The molecule has 0 aliphatic rings. The molecular weight excluding hydrogens is 186 g/mol. The lowest BCUT2D eigenvalue weighted by molar-refractivity contribution is 0.736. The summed E-state index contributed by atoms with van der Waals surface area (Å²) in [4.78, 5) is 4.21. The van der Waals surface area contributed by atoms with E-state index in [9.17, 15) is 0 Å². The van der Waals surface area contributed by atoms with Gasteiger partial charge in [0.25, 0.3) is 0 Å². The van der Waals surface area contributed by atoms with Crippen LogP contribution < -0.4 is 5.73 Å². The van der Waals surface area contributed by atoms with Gasteiger partial charge < -0.3 is 5.73 Å². The molecule has 13 heavy (non-hydrogen) atoms. The third-order valence-corrected chi connectivity index (χ3v) is 2.23. The van der Waals surface area contributed by atoms with Crippen molar-refractivity contribution in [2.24, 2.45) is 5.73 Å². The Morgan fingerprint density at radius 2 is 2.31 bits per heavy atom. The summed E-state index contributed by atoms with van der Waals surface area (Å²) in [5.41, 5.74) is 6.72. The van der Waals surface area contributed by atoms with Crippen molar-refractivity contribution >= 4 is 17.1 Å². The van der Waals surface area contributed by atoms with E-state index >= 15 is 0 Å². The summed E-state index contributed by atoms with van der Waals surface area (Å²) in [7, 11) is 0. The highest BCUT2D eigenvalue weighted by molar-refractivity contribution is 6.29. The molecule has 2 aromatic heterocycles. The highest BCUT2D eigenvalue weighted by atomic mass is 35.5. The number of hydrogen-bond donors (Lipinski definition) is 1. The zero-order chi connectivity index (χ0) is 9.42. The van der Waals surface area contributed by atoms with Crippen LogP contribution in [0.25, 0.3) is 5.52 Å². The minimum absolute atomic E-state index is 0.109. The lowest BCUT2D eigenvalue weighted by Crippen LogP contribution is -2.09. The first-order valence-corrected chi connectivity index (χ1v) is 4.45. The van der Waals surface area contributed by atoms with Crippen LogP contribution in [0, 0.1) is 0 Å². The molecule has 1 atom stereocenters. The number of pyridine rings is 1. The fourth-order valence-electron chi connectivity index (χ4n) is 1.35. The molecule has 1 unspecified atom stereocenters. The normalized spacial score (nSPS) is 13.5. The molecule has 2 heterocycles. The fourth-order valence-corrected chi connectivity index (χ4v) is 1.61. The first kappa shape index (κ1) is 8.53. The van der Waals surface area contributed by atoms with Crippen molar-refractivity contribution in [3.8, 4) is 0 Å². The largest absolute Gasteiger partial charge is 0.322 e. The van der Waals surface area contributed by atoms with Crippen LogP contribution in [0.3, 0.4) is 0 Å². The molecule has 0 fully saturated rings. The third-order valence-electron chi connectivity index (χ3n) is 1.94. The summed E-state index contributed by atoms with van der Waals surface area (Å²) in [5.74, 6) is 0.792. The standard InChI is InChI=1S/C9H10ClN3/c1-6(11)9-12-5-7-3-2-4-8(10)13(7)9/h2-6H,11H2,1H3. The van der Waals surface area contributed by atoms with Crippen molar-refractivity contribution in [2.75, 3.05) is 0 Å². The van der Waals surface area contributed by atoms with E-state index in [-0.39, 0.29) is 6.04 Å². The third kappa shape index (κ3) is 1.30. The van der Waals surface area contributed by atoms with Gasteiger partial charge in [0.15, 0.2) is 0 Å². The summed E-state index contributed by atoms with van der Waals surface area (Å²) >= 11 is 6.02. The van der Waals surface area contributed by atoms with E-state index in [2.05, 4.69) is 4.98 Å². The number of halogens is 1. The Hall–Kier alpha value is -1.06. The number of nitrogens with zero attached hydrogens (tertiary/aromatic N) is 2. The summed E-state index contributed by atoms with van der Waals surface area (Å²) in [6, 6.07) is 5.55. The molecular formula is C9H10ClN3. The average Bonchev–Trinajstić information content (AvgIpc) is 2.49. The summed E-state index contributed by atoms with van der Waals surface area (Å²) in [5, 5.41) is 0.641. The quantitative estimate of drug-likeness (QED) is 0.708. The first-order valence-electron chi connectivity index (χ1n) is 4.07. The van der Waals surface area contributed by atoms with E-state index in [4.69, 9.17) is 17.3 Å². The Bertz CT molecular complexity index is 433. The molecule has 0 bridgehead atoms. The lowest BCUT2D eigenvalue weighted by atomic mass is 10.3. The van der Waals surface area contributed by atoms with Gasteiger partial charge in [0.1, 0.15) is 11.0 Å². The first-order chi connectivity index (χ1) is 6.20. The van der Waals surface area contributed by atoms with Gasteiger partial charge in [-0.05, 0) is 19.1 Å². The summed E-state index contributed by atoms with van der Waals surface area (Å²) in [6.07, 6.45) is 1.77. The van der Waals surface area contributed by atoms with Crippen LogP contribution in [0.4, 0.5) is 0 Å². The maximum atomic E-state index is 6.02. The SMILES string of the molecule is CC(N)c1ncc2cccc(Cl)n12. The summed E-state index contributed by atoms with van der Waals surface area (Å²) < 4.78 is 1.85. The Balaban J connectivity index is 2.79. The molecule has 0 aliphatic heterocycles. The van der Waals surface area contributed by atoms with Crippen LogP contribution >= 0.6 is 11.6 Å². The minimum atomic E-state index is -0.109. The van der Waals surface area contributed by atoms with Gasteiger partial charge >= 0.3 is 0 Å². The molecule has 0 amide bonds. The van der Waals surface area contributed by atoms with E-state index in [0.717, 1.165) is 11.3 Å². The van der Waals surface area contributed by atoms with E-state index < -0.39 is 0 Å². The lowest BCUT2D eigenvalue weighted by Gasteiger charge is -2.05. The van der Waals surface area contributed by atoms with Crippen LogP contribution in [0.1, 0.15) is 18.8 Å². The van der Waals surface area contributed by atoms with E-state index in [1.54, 1.807) is 6.20 Å². The van der Waals surface area contributed by atoms with Crippen molar-refractivity contribution in [1.82, 2.24) is 9.38 Å². The molecule has 2 rings (SSSR count). The minimum Gasteiger partial charge on any atom is -0.322 e. The molecule has 0 spiro atoms. The molecule has 0 aromatic carbocycles. The van der Waals surface area contributed by atoms with Crippen LogP contribution in [-0.4, -0.2) is 9.38 Å². The topological polar surface area (TPSA) is 43.3 Å². The van der Waals surface area contributed by atoms with Crippen LogP contribution in [-0.2, 0) is 0 Å². The summed E-state index contributed by atoms with van der Waals surface area (Å²) in [6.45, 7) is 1.89.